The van der Waals surface area contributed by atoms with E-state index in [1.807, 2.05) is 0 Å². The SMILES string of the molecule is O=C(O)c1nnc(C2CC2)s1. The van der Waals surface area contributed by atoms with E-state index >= 15 is 0 Å². The van der Waals surface area contributed by atoms with E-state index in [1.54, 1.807) is 0 Å². The van der Waals surface area contributed by atoms with E-state index < -0.39 is 5.97 Å². The summed E-state index contributed by atoms with van der Waals surface area (Å²) in [6.45, 7) is 0. The normalized spacial score (nSPS) is 16.7. The molecule has 0 unspecified atom stereocenters. The average Bonchev–Trinajstić information content (AvgIpc) is 2.68. The lowest BCUT2D eigenvalue weighted by Crippen LogP contribution is -1.93. The molecule has 0 saturated heterocycles. The second kappa shape index (κ2) is 2.27. The Balaban J connectivity index is 2.25. The molecule has 1 fully saturated rings. The summed E-state index contributed by atoms with van der Waals surface area (Å²) in [7, 11) is 0. The van der Waals surface area contributed by atoms with Crippen molar-refractivity contribution in [1.82, 2.24) is 10.2 Å². The van der Waals surface area contributed by atoms with E-state index in [9.17, 15) is 4.79 Å². The Morgan fingerprint density at radius 1 is 1.55 bits per heavy atom. The summed E-state index contributed by atoms with van der Waals surface area (Å²) in [4.78, 5) is 10.4. The fraction of sp³-hybridized carbons (Fsp3) is 0.500. The molecule has 0 spiro atoms. The van der Waals surface area contributed by atoms with Gasteiger partial charge in [0, 0.05) is 5.92 Å². The quantitative estimate of drug-likeness (QED) is 0.722. The molecule has 1 aromatic rings. The Morgan fingerprint density at radius 3 is 2.73 bits per heavy atom. The Hall–Kier alpha value is -0.970. The second-order valence-corrected chi connectivity index (χ2v) is 3.53. The maximum atomic E-state index is 10.4. The van der Waals surface area contributed by atoms with Crippen LogP contribution in [0.2, 0.25) is 0 Å². The van der Waals surface area contributed by atoms with Gasteiger partial charge in [-0.05, 0) is 12.8 Å². The number of rotatable bonds is 2. The zero-order valence-corrected chi connectivity index (χ0v) is 6.47. The van der Waals surface area contributed by atoms with Crippen molar-refractivity contribution < 1.29 is 9.90 Å². The number of hydrogen-bond donors (Lipinski definition) is 1. The minimum atomic E-state index is -0.977. The highest BCUT2D eigenvalue weighted by atomic mass is 32.1. The zero-order valence-electron chi connectivity index (χ0n) is 5.65. The molecule has 2 rings (SSSR count). The van der Waals surface area contributed by atoms with Crippen LogP contribution in [-0.4, -0.2) is 21.3 Å². The lowest BCUT2D eigenvalue weighted by atomic mass is 10.5. The molecular weight excluding hydrogens is 164 g/mol. The van der Waals surface area contributed by atoms with Crippen LogP contribution in [0.25, 0.3) is 0 Å². The molecule has 11 heavy (non-hydrogen) atoms. The predicted molar refractivity (Wildman–Crippen MR) is 38.8 cm³/mol. The molecule has 1 N–H and O–H groups in total. The van der Waals surface area contributed by atoms with Crippen molar-refractivity contribution in [2.24, 2.45) is 0 Å². The monoisotopic (exact) mass is 170 g/mol. The molecule has 4 nitrogen and oxygen atoms in total. The summed E-state index contributed by atoms with van der Waals surface area (Å²) >= 11 is 1.19. The van der Waals surface area contributed by atoms with Crippen LogP contribution in [0.1, 0.15) is 33.6 Å². The minimum Gasteiger partial charge on any atom is -0.476 e. The second-order valence-electron chi connectivity index (χ2n) is 2.52. The van der Waals surface area contributed by atoms with E-state index in [0.29, 0.717) is 5.92 Å². The molecule has 1 heterocycles. The number of nitrogens with zero attached hydrogens (tertiary/aromatic N) is 2. The molecular formula is C6H6N2O2S. The smallest absolute Gasteiger partial charge is 0.367 e. The lowest BCUT2D eigenvalue weighted by molar-refractivity contribution is 0.0695. The van der Waals surface area contributed by atoms with Gasteiger partial charge in [-0.2, -0.15) is 0 Å². The van der Waals surface area contributed by atoms with Crippen molar-refractivity contribution in [3.63, 3.8) is 0 Å². The molecule has 1 aliphatic rings. The van der Waals surface area contributed by atoms with Gasteiger partial charge < -0.3 is 5.11 Å². The summed E-state index contributed by atoms with van der Waals surface area (Å²) in [6, 6.07) is 0. The highest BCUT2D eigenvalue weighted by Crippen LogP contribution is 2.41. The molecule has 0 aliphatic heterocycles. The van der Waals surface area contributed by atoms with Crippen molar-refractivity contribution in [3.05, 3.63) is 10.0 Å². The topological polar surface area (TPSA) is 63.1 Å². The molecule has 1 saturated carbocycles. The number of hydrogen-bond acceptors (Lipinski definition) is 4. The van der Waals surface area contributed by atoms with Crippen LogP contribution in [0.15, 0.2) is 0 Å². The maximum Gasteiger partial charge on any atom is 0.367 e. The van der Waals surface area contributed by atoms with Crippen molar-refractivity contribution in [2.75, 3.05) is 0 Å². The first kappa shape index (κ1) is 6.72. The molecule has 0 radical (unpaired) electrons. The Bertz CT molecular complexity index is 293. The van der Waals surface area contributed by atoms with Crippen molar-refractivity contribution in [2.45, 2.75) is 18.8 Å². The number of carboxylic acid groups (broad SMARTS) is 1. The van der Waals surface area contributed by atoms with Gasteiger partial charge in [0.2, 0.25) is 5.01 Å². The fourth-order valence-corrected chi connectivity index (χ4v) is 1.67. The van der Waals surface area contributed by atoms with Crippen molar-refractivity contribution >= 4 is 17.3 Å². The predicted octanol–water partition coefficient (Wildman–Crippen LogP) is 1.11. The third kappa shape index (κ3) is 1.23. The summed E-state index contributed by atoms with van der Waals surface area (Å²) in [5.74, 6) is -0.477. The summed E-state index contributed by atoms with van der Waals surface area (Å²) < 4.78 is 0. The molecule has 0 bridgehead atoms. The Labute approximate surface area is 66.9 Å². The van der Waals surface area contributed by atoms with Crippen molar-refractivity contribution in [3.8, 4) is 0 Å². The molecule has 1 aromatic heterocycles. The van der Waals surface area contributed by atoms with Gasteiger partial charge in [0.25, 0.3) is 0 Å². The summed E-state index contributed by atoms with van der Waals surface area (Å²) in [6.07, 6.45) is 2.27. The molecule has 0 atom stereocenters. The lowest BCUT2D eigenvalue weighted by Gasteiger charge is -1.80. The average molecular weight is 170 g/mol. The van der Waals surface area contributed by atoms with Gasteiger partial charge in [-0.1, -0.05) is 11.3 Å². The highest BCUT2D eigenvalue weighted by Gasteiger charge is 2.28. The Kier molecular flexibility index (Phi) is 1.38. The first-order valence-electron chi connectivity index (χ1n) is 3.34. The van der Waals surface area contributed by atoms with Crippen LogP contribution in [-0.2, 0) is 0 Å². The largest absolute Gasteiger partial charge is 0.476 e. The highest BCUT2D eigenvalue weighted by molar-refractivity contribution is 7.13. The van der Waals surface area contributed by atoms with Gasteiger partial charge in [0.05, 0.1) is 0 Å². The summed E-state index contributed by atoms with van der Waals surface area (Å²) in [5.41, 5.74) is 0. The van der Waals surface area contributed by atoms with E-state index in [0.717, 1.165) is 17.8 Å². The molecule has 0 amide bonds. The Morgan fingerprint density at radius 2 is 2.27 bits per heavy atom. The van der Waals surface area contributed by atoms with E-state index in [2.05, 4.69) is 10.2 Å². The van der Waals surface area contributed by atoms with Crippen LogP contribution in [0.3, 0.4) is 0 Å². The first-order valence-corrected chi connectivity index (χ1v) is 4.15. The zero-order chi connectivity index (χ0) is 7.84. The number of aromatic carboxylic acids is 1. The van der Waals surface area contributed by atoms with Crippen LogP contribution in [0.4, 0.5) is 0 Å². The van der Waals surface area contributed by atoms with Gasteiger partial charge in [0.15, 0.2) is 0 Å². The van der Waals surface area contributed by atoms with Gasteiger partial charge in [-0.15, -0.1) is 10.2 Å². The van der Waals surface area contributed by atoms with E-state index in [1.165, 1.54) is 11.3 Å². The number of carboxylic acids is 1. The third-order valence-corrected chi connectivity index (χ3v) is 2.62. The van der Waals surface area contributed by atoms with Crippen LogP contribution in [0.5, 0.6) is 0 Å². The van der Waals surface area contributed by atoms with Gasteiger partial charge >= 0.3 is 5.97 Å². The molecule has 58 valence electrons. The number of aromatic nitrogens is 2. The maximum absolute atomic E-state index is 10.4. The van der Waals surface area contributed by atoms with E-state index in [4.69, 9.17) is 5.11 Å². The standard InChI is InChI=1S/C6H6N2O2S/c9-6(10)5-8-7-4(11-5)3-1-2-3/h3H,1-2H2,(H,9,10). The van der Waals surface area contributed by atoms with Crippen LogP contribution < -0.4 is 0 Å². The van der Waals surface area contributed by atoms with Gasteiger partial charge in [0.1, 0.15) is 5.01 Å². The van der Waals surface area contributed by atoms with Gasteiger partial charge in [-0.3, -0.25) is 0 Å². The first-order chi connectivity index (χ1) is 5.27. The molecule has 0 aromatic carbocycles. The van der Waals surface area contributed by atoms with Crippen LogP contribution >= 0.6 is 11.3 Å². The number of carbonyl (C=O) groups is 1. The molecule has 5 heteroatoms. The van der Waals surface area contributed by atoms with Crippen LogP contribution in [0, 0.1) is 0 Å². The fourth-order valence-electron chi connectivity index (χ4n) is 0.816. The van der Waals surface area contributed by atoms with Gasteiger partial charge in [-0.25, -0.2) is 4.79 Å². The third-order valence-electron chi connectivity index (χ3n) is 1.55. The summed E-state index contributed by atoms with van der Waals surface area (Å²) in [5, 5.41) is 16.8. The van der Waals surface area contributed by atoms with E-state index in [-0.39, 0.29) is 5.01 Å². The minimum absolute atomic E-state index is 0.104. The van der Waals surface area contributed by atoms with Crippen molar-refractivity contribution in [1.29, 1.82) is 0 Å². The molecule has 1 aliphatic carbocycles.